The minimum Gasteiger partial charge on any atom is -0.394 e. The number of nitrogens with zero attached hydrogens (tertiary/aromatic N) is 3. The lowest BCUT2D eigenvalue weighted by molar-refractivity contribution is 0.216. The number of pyridine rings is 1. The topological polar surface area (TPSA) is 60.2 Å². The molecule has 0 saturated carbocycles. The summed E-state index contributed by atoms with van der Waals surface area (Å²) in [5, 5.41) is 18.2. The smallest absolute Gasteiger partial charge is 0.101 e. The molecule has 0 saturated heterocycles. The number of aromatic nitrogens is 1. The van der Waals surface area contributed by atoms with Crippen LogP contribution in [-0.4, -0.2) is 29.3 Å². The van der Waals surface area contributed by atoms with Crippen molar-refractivity contribution in [3.63, 3.8) is 0 Å². The van der Waals surface area contributed by atoms with Crippen LogP contribution in [0.4, 0.5) is 5.69 Å². The molecule has 1 aromatic heterocycles. The fourth-order valence-corrected chi connectivity index (χ4v) is 1.18. The highest BCUT2D eigenvalue weighted by Gasteiger charge is 2.24. The molecule has 0 aromatic carbocycles. The predicted octanol–water partition coefficient (Wildman–Crippen LogP) is 1.16. The quantitative estimate of drug-likeness (QED) is 0.804. The molecule has 0 atom stereocenters. The second-order valence-electron chi connectivity index (χ2n) is 4.03. The van der Waals surface area contributed by atoms with E-state index in [9.17, 15) is 5.11 Å². The van der Waals surface area contributed by atoms with E-state index >= 15 is 0 Å². The zero-order valence-corrected chi connectivity index (χ0v) is 9.23. The van der Waals surface area contributed by atoms with Crippen molar-refractivity contribution in [1.82, 2.24) is 4.98 Å². The molecule has 0 radical (unpaired) electrons. The maximum Gasteiger partial charge on any atom is 0.101 e. The number of rotatable bonds is 3. The number of nitriles is 1. The Morgan fingerprint density at radius 3 is 2.80 bits per heavy atom. The Kier molecular flexibility index (Phi) is 3.28. The average molecular weight is 205 g/mol. The molecule has 0 aliphatic carbocycles. The first kappa shape index (κ1) is 11.5. The Labute approximate surface area is 89.8 Å². The number of hydrogen-bond donors (Lipinski definition) is 1. The van der Waals surface area contributed by atoms with E-state index in [2.05, 4.69) is 11.1 Å². The molecule has 0 unspecified atom stereocenters. The van der Waals surface area contributed by atoms with Crippen LogP contribution in [0.1, 0.15) is 19.4 Å². The lowest BCUT2D eigenvalue weighted by Gasteiger charge is -2.35. The lowest BCUT2D eigenvalue weighted by Crippen LogP contribution is -2.44. The van der Waals surface area contributed by atoms with Crippen LogP contribution in [0.25, 0.3) is 0 Å². The molecule has 0 amide bonds. The van der Waals surface area contributed by atoms with Gasteiger partial charge in [-0.1, -0.05) is 0 Å². The lowest BCUT2D eigenvalue weighted by atomic mass is 10.0. The predicted molar refractivity (Wildman–Crippen MR) is 58.5 cm³/mol. The molecule has 4 heteroatoms. The maximum absolute atomic E-state index is 9.24. The molecule has 1 aromatic rings. The van der Waals surface area contributed by atoms with Gasteiger partial charge >= 0.3 is 0 Å². The Bertz CT molecular complexity index is 382. The molecule has 1 N–H and O–H groups in total. The highest BCUT2D eigenvalue weighted by atomic mass is 16.3. The van der Waals surface area contributed by atoms with Crippen LogP contribution in [0.3, 0.4) is 0 Å². The van der Waals surface area contributed by atoms with E-state index in [-0.39, 0.29) is 6.61 Å². The van der Waals surface area contributed by atoms with Gasteiger partial charge in [0.1, 0.15) is 6.07 Å². The zero-order chi connectivity index (χ0) is 11.5. The zero-order valence-electron chi connectivity index (χ0n) is 9.23. The largest absolute Gasteiger partial charge is 0.394 e. The first-order chi connectivity index (χ1) is 7.03. The molecule has 4 nitrogen and oxygen atoms in total. The Morgan fingerprint density at radius 1 is 1.60 bits per heavy atom. The fourth-order valence-electron chi connectivity index (χ4n) is 1.18. The van der Waals surface area contributed by atoms with Crippen LogP contribution in [-0.2, 0) is 0 Å². The van der Waals surface area contributed by atoms with Gasteiger partial charge in [-0.2, -0.15) is 5.26 Å². The second-order valence-corrected chi connectivity index (χ2v) is 4.03. The summed E-state index contributed by atoms with van der Waals surface area (Å²) in [5.74, 6) is 0. The molecule has 1 rings (SSSR count). The molecule has 15 heavy (non-hydrogen) atoms. The van der Waals surface area contributed by atoms with Crippen molar-refractivity contribution in [2.75, 3.05) is 18.6 Å². The SMILES string of the molecule is CN(c1cnccc1C#N)C(C)(C)CO. The van der Waals surface area contributed by atoms with Crippen LogP contribution < -0.4 is 4.90 Å². The number of anilines is 1. The third-order valence-corrected chi connectivity index (χ3v) is 2.58. The van der Waals surface area contributed by atoms with Crippen molar-refractivity contribution in [2.45, 2.75) is 19.4 Å². The summed E-state index contributed by atoms with van der Waals surface area (Å²) in [6.07, 6.45) is 3.22. The number of aliphatic hydroxyl groups excluding tert-OH is 1. The van der Waals surface area contributed by atoms with Gasteiger partial charge in [0.2, 0.25) is 0 Å². The van der Waals surface area contributed by atoms with E-state index in [4.69, 9.17) is 5.26 Å². The van der Waals surface area contributed by atoms with Gasteiger partial charge < -0.3 is 10.0 Å². The van der Waals surface area contributed by atoms with Crippen molar-refractivity contribution in [3.8, 4) is 6.07 Å². The molecule has 0 fully saturated rings. The summed E-state index contributed by atoms with van der Waals surface area (Å²) in [6.45, 7) is 3.82. The maximum atomic E-state index is 9.24. The second kappa shape index (κ2) is 4.28. The number of likely N-dealkylation sites (N-methyl/N-ethyl adjacent to an activating group) is 1. The van der Waals surface area contributed by atoms with E-state index in [0.29, 0.717) is 5.56 Å². The van der Waals surface area contributed by atoms with Crippen molar-refractivity contribution < 1.29 is 5.11 Å². The van der Waals surface area contributed by atoms with Crippen LogP contribution in [0.15, 0.2) is 18.5 Å². The summed E-state index contributed by atoms with van der Waals surface area (Å²) in [5.41, 5.74) is 0.891. The summed E-state index contributed by atoms with van der Waals surface area (Å²) in [4.78, 5) is 5.85. The highest BCUT2D eigenvalue weighted by Crippen LogP contribution is 2.24. The monoisotopic (exact) mass is 205 g/mol. The summed E-state index contributed by atoms with van der Waals surface area (Å²) in [6, 6.07) is 3.78. The first-order valence-corrected chi connectivity index (χ1v) is 4.71. The third-order valence-electron chi connectivity index (χ3n) is 2.58. The van der Waals surface area contributed by atoms with Crippen molar-refractivity contribution >= 4 is 5.69 Å². The van der Waals surface area contributed by atoms with Gasteiger partial charge in [0, 0.05) is 13.2 Å². The van der Waals surface area contributed by atoms with Gasteiger partial charge in [0.15, 0.2) is 0 Å². The Hall–Kier alpha value is -1.60. The van der Waals surface area contributed by atoms with Gasteiger partial charge in [-0.25, -0.2) is 0 Å². The minimum absolute atomic E-state index is 0.0171. The van der Waals surface area contributed by atoms with E-state index in [1.54, 1.807) is 18.5 Å². The van der Waals surface area contributed by atoms with Crippen LogP contribution in [0.5, 0.6) is 0 Å². The van der Waals surface area contributed by atoms with Gasteiger partial charge in [-0.3, -0.25) is 4.98 Å². The number of hydrogen-bond acceptors (Lipinski definition) is 4. The fraction of sp³-hybridized carbons (Fsp3) is 0.455. The average Bonchev–Trinajstić information content (AvgIpc) is 2.28. The summed E-state index contributed by atoms with van der Waals surface area (Å²) < 4.78 is 0. The van der Waals surface area contributed by atoms with E-state index in [0.717, 1.165) is 5.69 Å². The van der Waals surface area contributed by atoms with E-state index in [1.807, 2.05) is 25.8 Å². The highest BCUT2D eigenvalue weighted by molar-refractivity contribution is 5.58. The third kappa shape index (κ3) is 2.25. The van der Waals surface area contributed by atoms with E-state index < -0.39 is 5.54 Å². The molecule has 0 aliphatic rings. The molecular formula is C11H15N3O. The first-order valence-electron chi connectivity index (χ1n) is 4.71. The van der Waals surface area contributed by atoms with Gasteiger partial charge in [-0.15, -0.1) is 0 Å². The summed E-state index contributed by atoms with van der Waals surface area (Å²) in [7, 11) is 1.84. The van der Waals surface area contributed by atoms with Gasteiger partial charge in [0.25, 0.3) is 0 Å². The standard InChI is InChI=1S/C11H15N3O/c1-11(2,8-15)14(3)10-7-13-5-4-9(10)6-12/h4-5,7,15H,8H2,1-3H3. The molecule has 1 heterocycles. The van der Waals surface area contributed by atoms with Crippen LogP contribution >= 0.6 is 0 Å². The minimum atomic E-state index is -0.408. The van der Waals surface area contributed by atoms with Crippen molar-refractivity contribution in [2.24, 2.45) is 0 Å². The molecular weight excluding hydrogens is 190 g/mol. The molecule has 0 aliphatic heterocycles. The number of aliphatic hydroxyl groups is 1. The van der Waals surface area contributed by atoms with Crippen molar-refractivity contribution in [3.05, 3.63) is 24.0 Å². The Balaban J connectivity index is 3.12. The molecule has 80 valence electrons. The van der Waals surface area contributed by atoms with Crippen LogP contribution in [0, 0.1) is 11.3 Å². The van der Waals surface area contributed by atoms with Crippen molar-refractivity contribution in [1.29, 1.82) is 5.26 Å². The van der Waals surface area contributed by atoms with Gasteiger partial charge in [-0.05, 0) is 19.9 Å². The molecule has 0 spiro atoms. The van der Waals surface area contributed by atoms with E-state index in [1.165, 1.54) is 0 Å². The Morgan fingerprint density at radius 2 is 2.27 bits per heavy atom. The molecule has 0 bridgehead atoms. The normalized spacial score (nSPS) is 10.9. The van der Waals surface area contributed by atoms with Gasteiger partial charge in [0.05, 0.1) is 29.6 Å². The summed E-state index contributed by atoms with van der Waals surface area (Å²) >= 11 is 0. The van der Waals surface area contributed by atoms with Crippen LogP contribution in [0.2, 0.25) is 0 Å².